The molecule has 0 saturated carbocycles. The van der Waals surface area contributed by atoms with E-state index in [0.717, 1.165) is 51.4 Å². The first-order chi connectivity index (χ1) is 30.6. The molecule has 358 valence electrons. The summed E-state index contributed by atoms with van der Waals surface area (Å²) in [6.45, 7) is 3.96. The van der Waals surface area contributed by atoms with Gasteiger partial charge in [0.1, 0.15) is 6.61 Å². The van der Waals surface area contributed by atoms with Crippen LogP contribution in [0.3, 0.4) is 0 Å². The lowest BCUT2D eigenvalue weighted by molar-refractivity contribution is -0.161. The highest BCUT2D eigenvalue weighted by atomic mass is 16.6. The van der Waals surface area contributed by atoms with Crippen molar-refractivity contribution in [2.45, 2.75) is 264 Å². The van der Waals surface area contributed by atoms with E-state index < -0.39 is 12.1 Å². The Kier molecular flexibility index (Phi) is 50.4. The molecule has 0 aromatic rings. The van der Waals surface area contributed by atoms with Gasteiger partial charge in [0.05, 0.1) is 6.61 Å². The Hall–Kier alpha value is -2.66. The second-order valence-electron chi connectivity index (χ2n) is 17.6. The predicted molar refractivity (Wildman–Crippen MR) is 270 cm³/mol. The minimum Gasteiger partial charge on any atom is -0.462 e. The number of hydrogen-bond acceptors (Lipinski definition) is 5. The van der Waals surface area contributed by atoms with Crippen molar-refractivity contribution in [3.8, 4) is 0 Å². The largest absolute Gasteiger partial charge is 0.462 e. The molecule has 5 heteroatoms. The summed E-state index contributed by atoms with van der Waals surface area (Å²) in [4.78, 5) is 24.3. The summed E-state index contributed by atoms with van der Waals surface area (Å²) < 4.78 is 10.6. The van der Waals surface area contributed by atoms with Gasteiger partial charge in [-0.25, -0.2) is 0 Å². The van der Waals surface area contributed by atoms with E-state index in [0.29, 0.717) is 12.8 Å². The van der Waals surface area contributed by atoms with Crippen LogP contribution in [0.2, 0.25) is 0 Å². The fourth-order valence-electron chi connectivity index (χ4n) is 7.54. The molecule has 0 heterocycles. The summed E-state index contributed by atoms with van der Waals surface area (Å²) in [6.07, 6.45) is 71.9. The van der Waals surface area contributed by atoms with Crippen LogP contribution in [0.1, 0.15) is 258 Å². The zero-order valence-corrected chi connectivity index (χ0v) is 40.9. The third-order valence-corrected chi connectivity index (χ3v) is 11.5. The molecule has 1 unspecified atom stereocenters. The van der Waals surface area contributed by atoms with Crippen LogP contribution in [0.5, 0.6) is 0 Å². The predicted octanol–water partition coefficient (Wildman–Crippen LogP) is 17.6. The summed E-state index contributed by atoms with van der Waals surface area (Å²) in [5.41, 5.74) is 0. The minimum atomic E-state index is -0.810. The van der Waals surface area contributed by atoms with E-state index in [1.54, 1.807) is 0 Å². The number of aliphatic hydroxyl groups excluding tert-OH is 1. The highest BCUT2D eigenvalue weighted by molar-refractivity contribution is 5.70. The first kappa shape index (κ1) is 59.3. The Morgan fingerprint density at radius 3 is 1.11 bits per heavy atom. The van der Waals surface area contributed by atoms with Crippen molar-refractivity contribution in [1.29, 1.82) is 0 Å². The molecule has 0 aliphatic rings. The molecule has 62 heavy (non-hydrogen) atoms. The smallest absolute Gasteiger partial charge is 0.306 e. The van der Waals surface area contributed by atoms with Gasteiger partial charge in [0.25, 0.3) is 0 Å². The van der Waals surface area contributed by atoms with Crippen LogP contribution >= 0.6 is 0 Å². The second-order valence-corrected chi connectivity index (χ2v) is 17.6. The Bertz CT molecular complexity index is 1110. The van der Waals surface area contributed by atoms with Crippen molar-refractivity contribution in [3.63, 3.8) is 0 Å². The minimum absolute atomic E-state index is 0.0946. The number of hydrogen-bond donors (Lipinski definition) is 1. The van der Waals surface area contributed by atoms with E-state index in [9.17, 15) is 14.7 Å². The lowest BCUT2D eigenvalue weighted by Crippen LogP contribution is -2.28. The normalized spacial score (nSPS) is 12.8. The zero-order chi connectivity index (χ0) is 44.9. The standard InChI is InChI=1S/C57H100O5/c1-3-5-7-9-11-13-15-17-18-19-20-21-22-23-24-25-26-27-28-29-30-31-32-33-34-35-36-37-38-40-41-43-45-47-49-51-56(59)61-54-55(53-58)62-57(60)52-50-48-46-44-42-39-16-14-12-10-8-6-4-2/h6,8,12,14-15,17,19-20,39,42,46,48,55,58H,3-5,7,9-11,13,16,18,21-38,40-41,43-45,47,49-54H2,1-2H3/b8-6-,14-12-,17-15-,20-19-,42-39-,48-46-. The molecule has 0 saturated heterocycles. The van der Waals surface area contributed by atoms with E-state index in [4.69, 9.17) is 9.47 Å². The van der Waals surface area contributed by atoms with Crippen molar-refractivity contribution in [1.82, 2.24) is 0 Å². The van der Waals surface area contributed by atoms with Crippen LogP contribution in [0.25, 0.3) is 0 Å². The fraction of sp³-hybridized carbons (Fsp3) is 0.754. The van der Waals surface area contributed by atoms with Gasteiger partial charge in [0.2, 0.25) is 0 Å². The van der Waals surface area contributed by atoms with Crippen LogP contribution < -0.4 is 0 Å². The number of ether oxygens (including phenoxy) is 2. The molecule has 0 spiro atoms. The molecule has 1 atom stereocenters. The Morgan fingerprint density at radius 1 is 0.387 bits per heavy atom. The molecule has 0 radical (unpaired) electrons. The van der Waals surface area contributed by atoms with Crippen LogP contribution in [0, 0.1) is 0 Å². The summed E-state index contributed by atoms with van der Waals surface area (Å²) in [5.74, 6) is -0.680. The van der Waals surface area contributed by atoms with Crippen LogP contribution in [-0.2, 0) is 19.1 Å². The van der Waals surface area contributed by atoms with Gasteiger partial charge >= 0.3 is 11.9 Å². The van der Waals surface area contributed by atoms with Gasteiger partial charge < -0.3 is 14.6 Å². The maximum absolute atomic E-state index is 12.2. The van der Waals surface area contributed by atoms with Gasteiger partial charge in [-0.1, -0.05) is 247 Å². The van der Waals surface area contributed by atoms with Gasteiger partial charge in [0, 0.05) is 12.8 Å². The molecule has 0 aromatic heterocycles. The highest BCUT2D eigenvalue weighted by Crippen LogP contribution is 2.16. The van der Waals surface area contributed by atoms with Crippen LogP contribution in [-0.4, -0.2) is 36.4 Å². The average molecular weight is 865 g/mol. The number of aliphatic hydroxyl groups is 1. The number of esters is 2. The summed E-state index contributed by atoms with van der Waals surface area (Å²) in [6, 6.07) is 0. The molecule has 5 nitrogen and oxygen atoms in total. The molecule has 0 aliphatic carbocycles. The third-order valence-electron chi connectivity index (χ3n) is 11.5. The molecular formula is C57H100O5. The SMILES string of the molecule is CC/C=C\C/C=C\C/C=C\C/C=C\CCC(=O)OC(CO)COC(=O)CCCCCCCCCCCCCCCCCCCCCCCCC/C=C\C/C=C\CCCCCCC. The highest BCUT2D eigenvalue weighted by Gasteiger charge is 2.15. The lowest BCUT2D eigenvalue weighted by Gasteiger charge is -2.15. The van der Waals surface area contributed by atoms with Crippen LogP contribution in [0.4, 0.5) is 0 Å². The number of carbonyl (C=O) groups is 2. The van der Waals surface area contributed by atoms with E-state index in [1.807, 2.05) is 12.2 Å². The van der Waals surface area contributed by atoms with Crippen molar-refractivity contribution < 1.29 is 24.2 Å². The maximum Gasteiger partial charge on any atom is 0.306 e. The molecule has 0 rings (SSSR count). The Morgan fingerprint density at radius 2 is 0.726 bits per heavy atom. The molecule has 0 fully saturated rings. The molecule has 1 N–H and O–H groups in total. The first-order valence-corrected chi connectivity index (χ1v) is 26.5. The lowest BCUT2D eigenvalue weighted by atomic mass is 10.0. The maximum atomic E-state index is 12.2. The monoisotopic (exact) mass is 865 g/mol. The van der Waals surface area contributed by atoms with Gasteiger partial charge in [-0.05, 0) is 70.6 Å². The number of rotatable bonds is 48. The van der Waals surface area contributed by atoms with Crippen molar-refractivity contribution in [2.24, 2.45) is 0 Å². The Labute approximate surface area is 384 Å². The number of unbranched alkanes of at least 4 members (excludes halogenated alkanes) is 28. The molecule has 0 aromatic carbocycles. The van der Waals surface area contributed by atoms with Crippen molar-refractivity contribution in [3.05, 3.63) is 72.9 Å². The third kappa shape index (κ3) is 50.0. The molecule has 0 amide bonds. The Balaban J connectivity index is 3.43. The molecular weight excluding hydrogens is 765 g/mol. The van der Waals surface area contributed by atoms with Gasteiger partial charge in [0.15, 0.2) is 6.10 Å². The van der Waals surface area contributed by atoms with Gasteiger partial charge in [-0.15, -0.1) is 0 Å². The number of allylic oxidation sites excluding steroid dienone is 12. The van der Waals surface area contributed by atoms with Crippen LogP contribution in [0.15, 0.2) is 72.9 Å². The van der Waals surface area contributed by atoms with Gasteiger partial charge in [-0.2, -0.15) is 0 Å². The first-order valence-electron chi connectivity index (χ1n) is 26.5. The summed E-state index contributed by atoms with van der Waals surface area (Å²) in [7, 11) is 0. The average Bonchev–Trinajstić information content (AvgIpc) is 3.28. The van der Waals surface area contributed by atoms with Gasteiger partial charge in [-0.3, -0.25) is 9.59 Å². The fourth-order valence-corrected chi connectivity index (χ4v) is 7.54. The molecule has 0 bridgehead atoms. The summed E-state index contributed by atoms with van der Waals surface area (Å²) >= 11 is 0. The second kappa shape index (κ2) is 52.7. The van der Waals surface area contributed by atoms with Crippen molar-refractivity contribution >= 4 is 11.9 Å². The van der Waals surface area contributed by atoms with E-state index in [1.165, 1.54) is 173 Å². The summed E-state index contributed by atoms with van der Waals surface area (Å²) in [5, 5.41) is 9.58. The topological polar surface area (TPSA) is 72.8 Å². The van der Waals surface area contributed by atoms with Crippen molar-refractivity contribution in [2.75, 3.05) is 13.2 Å². The molecule has 0 aliphatic heterocycles. The number of carbonyl (C=O) groups excluding carboxylic acids is 2. The zero-order valence-electron chi connectivity index (χ0n) is 40.9. The van der Waals surface area contributed by atoms with E-state index in [2.05, 4.69) is 74.6 Å². The van der Waals surface area contributed by atoms with E-state index >= 15 is 0 Å². The van der Waals surface area contributed by atoms with E-state index in [-0.39, 0.29) is 25.6 Å². The quantitative estimate of drug-likeness (QED) is 0.0375.